The molecule has 0 rings (SSSR count). The third kappa shape index (κ3) is 9.62. The first kappa shape index (κ1) is 20.7. The minimum Gasteiger partial charge on any atom is -0.462 e. The summed E-state index contributed by atoms with van der Waals surface area (Å²) in [5, 5.41) is 0. The number of thiol groups is 1. The van der Waals surface area contributed by atoms with Crippen LogP contribution >= 0.6 is 12.6 Å². The molecule has 0 heterocycles. The second-order valence-electron chi connectivity index (χ2n) is 4.71. The van der Waals surface area contributed by atoms with Crippen LogP contribution in [0.15, 0.2) is 0 Å². The van der Waals surface area contributed by atoms with Crippen LogP contribution in [0.25, 0.3) is 0 Å². The van der Waals surface area contributed by atoms with Gasteiger partial charge < -0.3 is 19.9 Å². The van der Waals surface area contributed by atoms with Crippen LogP contribution in [0.4, 0.5) is 0 Å². The van der Waals surface area contributed by atoms with Crippen LogP contribution in [0.2, 0.25) is 0 Å². The lowest BCUT2D eigenvalue weighted by molar-refractivity contribution is -0.167. The van der Waals surface area contributed by atoms with Crippen LogP contribution in [-0.2, 0) is 28.6 Å². The Hall–Kier alpha value is -1.28. The number of esters is 3. The highest BCUT2D eigenvalue weighted by Gasteiger charge is 2.22. The van der Waals surface area contributed by atoms with Gasteiger partial charge in [0.25, 0.3) is 0 Å². The molecule has 0 unspecified atom stereocenters. The number of carbonyl (C=O) groups excluding carboxylic acids is 3. The summed E-state index contributed by atoms with van der Waals surface area (Å²) in [7, 11) is 0. The molecule has 0 aliphatic rings. The number of hydrogen-bond acceptors (Lipinski definition) is 8. The molecule has 22 heavy (non-hydrogen) atoms. The van der Waals surface area contributed by atoms with Crippen molar-refractivity contribution >= 4 is 30.5 Å². The SMILES string of the molecule is CCCC(=O)OCC(COC(=O)CCC)OC(=O)[C@H](N)CS. The van der Waals surface area contributed by atoms with E-state index in [1.54, 1.807) is 0 Å². The van der Waals surface area contributed by atoms with E-state index < -0.39 is 30.1 Å². The quantitative estimate of drug-likeness (QED) is 0.327. The van der Waals surface area contributed by atoms with Crippen LogP contribution < -0.4 is 5.73 Å². The monoisotopic (exact) mass is 335 g/mol. The van der Waals surface area contributed by atoms with Crippen molar-refractivity contribution in [2.24, 2.45) is 5.73 Å². The van der Waals surface area contributed by atoms with Gasteiger partial charge in [-0.2, -0.15) is 12.6 Å². The predicted molar refractivity (Wildman–Crippen MR) is 83.4 cm³/mol. The molecule has 2 N–H and O–H groups in total. The summed E-state index contributed by atoms with van der Waals surface area (Å²) in [6, 6.07) is -0.886. The highest BCUT2D eigenvalue weighted by Crippen LogP contribution is 2.03. The van der Waals surface area contributed by atoms with Crippen molar-refractivity contribution in [3.8, 4) is 0 Å². The third-order valence-electron chi connectivity index (χ3n) is 2.55. The molecular weight excluding hydrogens is 310 g/mol. The van der Waals surface area contributed by atoms with E-state index in [2.05, 4.69) is 12.6 Å². The Bertz CT molecular complexity index is 341. The van der Waals surface area contributed by atoms with Crippen molar-refractivity contribution in [2.45, 2.75) is 51.7 Å². The molecule has 0 radical (unpaired) electrons. The van der Waals surface area contributed by atoms with Crippen LogP contribution in [0.3, 0.4) is 0 Å². The van der Waals surface area contributed by atoms with Gasteiger partial charge in [-0.05, 0) is 12.8 Å². The number of carbonyl (C=O) groups is 3. The fraction of sp³-hybridized carbons (Fsp3) is 0.786. The van der Waals surface area contributed by atoms with Gasteiger partial charge in [0.15, 0.2) is 6.10 Å². The topological polar surface area (TPSA) is 105 Å². The zero-order chi connectivity index (χ0) is 17.0. The van der Waals surface area contributed by atoms with Gasteiger partial charge >= 0.3 is 17.9 Å². The van der Waals surface area contributed by atoms with Crippen molar-refractivity contribution in [3.05, 3.63) is 0 Å². The average molecular weight is 335 g/mol. The number of ether oxygens (including phenoxy) is 3. The molecule has 7 nitrogen and oxygen atoms in total. The van der Waals surface area contributed by atoms with Gasteiger partial charge in [-0.25, -0.2) is 0 Å². The maximum Gasteiger partial charge on any atom is 0.324 e. The van der Waals surface area contributed by atoms with Gasteiger partial charge in [-0.15, -0.1) is 0 Å². The molecule has 8 heteroatoms. The van der Waals surface area contributed by atoms with Gasteiger partial charge in [0.2, 0.25) is 0 Å². The molecule has 0 aromatic rings. The average Bonchev–Trinajstić information content (AvgIpc) is 2.49. The first-order chi connectivity index (χ1) is 10.4. The zero-order valence-corrected chi connectivity index (χ0v) is 14.0. The summed E-state index contributed by atoms with van der Waals surface area (Å²) in [5.74, 6) is -1.36. The van der Waals surface area contributed by atoms with E-state index in [9.17, 15) is 14.4 Å². The number of rotatable bonds is 11. The van der Waals surface area contributed by atoms with E-state index in [1.807, 2.05) is 13.8 Å². The molecule has 0 aliphatic heterocycles. The van der Waals surface area contributed by atoms with E-state index in [0.29, 0.717) is 12.8 Å². The summed E-state index contributed by atoms with van der Waals surface area (Å²) in [5.41, 5.74) is 5.51. The van der Waals surface area contributed by atoms with Crippen molar-refractivity contribution < 1.29 is 28.6 Å². The Kier molecular flexibility index (Phi) is 11.6. The lowest BCUT2D eigenvalue weighted by atomic mass is 10.3. The molecule has 0 saturated heterocycles. The summed E-state index contributed by atoms with van der Waals surface area (Å²) >= 11 is 3.91. The van der Waals surface area contributed by atoms with Crippen LogP contribution in [0.5, 0.6) is 0 Å². The normalized spacial score (nSPS) is 11.9. The molecule has 0 fully saturated rings. The summed E-state index contributed by atoms with van der Waals surface area (Å²) in [6.45, 7) is 3.33. The highest BCUT2D eigenvalue weighted by molar-refractivity contribution is 7.80. The van der Waals surface area contributed by atoms with Crippen LogP contribution in [-0.4, -0.2) is 49.0 Å². The molecule has 0 aromatic carbocycles. The fourth-order valence-corrected chi connectivity index (χ4v) is 1.52. The van der Waals surface area contributed by atoms with Crippen molar-refractivity contribution in [1.82, 2.24) is 0 Å². The van der Waals surface area contributed by atoms with Crippen molar-refractivity contribution in [1.29, 1.82) is 0 Å². The molecule has 128 valence electrons. The first-order valence-corrected chi connectivity index (χ1v) is 7.95. The fourth-order valence-electron chi connectivity index (χ4n) is 1.37. The lowest BCUT2D eigenvalue weighted by Crippen LogP contribution is -2.39. The lowest BCUT2D eigenvalue weighted by Gasteiger charge is -2.19. The standard InChI is InChI=1S/C14H25NO6S/c1-3-5-12(16)19-7-10(8-20-13(17)6-4-2)21-14(18)11(15)9-22/h10-11,22H,3-9,15H2,1-2H3/t11-/m1/s1. The largest absolute Gasteiger partial charge is 0.462 e. The minimum absolute atomic E-state index is 0.122. The minimum atomic E-state index is -0.886. The van der Waals surface area contributed by atoms with Crippen molar-refractivity contribution in [2.75, 3.05) is 19.0 Å². The maximum atomic E-state index is 11.6. The molecular formula is C14H25NO6S. The smallest absolute Gasteiger partial charge is 0.324 e. The second kappa shape index (κ2) is 12.3. The predicted octanol–water partition coefficient (Wildman–Crippen LogP) is 0.842. The van der Waals surface area contributed by atoms with Gasteiger partial charge in [0, 0.05) is 18.6 Å². The Morgan fingerprint density at radius 1 is 1.00 bits per heavy atom. The molecule has 0 amide bonds. The third-order valence-corrected chi connectivity index (χ3v) is 2.94. The molecule has 1 atom stereocenters. The highest BCUT2D eigenvalue weighted by atomic mass is 32.1. The number of nitrogens with two attached hydrogens (primary N) is 1. The van der Waals surface area contributed by atoms with E-state index in [0.717, 1.165) is 0 Å². The Morgan fingerprint density at radius 2 is 1.45 bits per heavy atom. The van der Waals surface area contributed by atoms with Crippen LogP contribution in [0.1, 0.15) is 39.5 Å². The maximum absolute atomic E-state index is 11.6. The Balaban J connectivity index is 4.44. The summed E-state index contributed by atoms with van der Waals surface area (Å²) in [4.78, 5) is 34.4. The van der Waals surface area contributed by atoms with Gasteiger partial charge in [-0.3, -0.25) is 14.4 Å². The molecule has 0 aliphatic carbocycles. The summed E-state index contributed by atoms with van der Waals surface area (Å²) in [6.07, 6.45) is 0.970. The van der Waals surface area contributed by atoms with E-state index >= 15 is 0 Å². The van der Waals surface area contributed by atoms with E-state index in [-0.39, 0.29) is 31.8 Å². The van der Waals surface area contributed by atoms with Crippen LogP contribution in [0, 0.1) is 0 Å². The Labute approximate surface area is 136 Å². The number of hydrogen-bond donors (Lipinski definition) is 2. The summed E-state index contributed by atoms with van der Waals surface area (Å²) < 4.78 is 15.1. The van der Waals surface area contributed by atoms with Gasteiger partial charge in [0.05, 0.1) is 0 Å². The first-order valence-electron chi connectivity index (χ1n) is 7.32. The molecule has 0 saturated carbocycles. The zero-order valence-electron chi connectivity index (χ0n) is 13.1. The van der Waals surface area contributed by atoms with Crippen molar-refractivity contribution in [3.63, 3.8) is 0 Å². The van der Waals surface area contributed by atoms with E-state index in [4.69, 9.17) is 19.9 Å². The molecule has 0 bridgehead atoms. The van der Waals surface area contributed by atoms with E-state index in [1.165, 1.54) is 0 Å². The van der Waals surface area contributed by atoms with Gasteiger partial charge in [-0.1, -0.05) is 13.8 Å². The molecule has 0 aromatic heterocycles. The van der Waals surface area contributed by atoms with Gasteiger partial charge in [0.1, 0.15) is 19.3 Å². The molecule has 0 spiro atoms. The Morgan fingerprint density at radius 3 is 1.82 bits per heavy atom. The second-order valence-corrected chi connectivity index (χ2v) is 5.08.